The van der Waals surface area contributed by atoms with Gasteiger partial charge in [0.25, 0.3) is 5.91 Å². The Morgan fingerprint density at radius 2 is 1.57 bits per heavy atom. The number of halogens is 1. The Kier molecular flexibility index (Phi) is 5.00. The Balaban J connectivity index is 1.40. The average molecular weight is 397 g/mol. The van der Waals surface area contributed by atoms with Gasteiger partial charge in [-0.15, -0.1) is 10.2 Å². The van der Waals surface area contributed by atoms with Gasteiger partial charge in [0.15, 0.2) is 11.6 Å². The summed E-state index contributed by atoms with van der Waals surface area (Å²) >= 11 is 5.90. The molecular weight excluding hydrogens is 376 g/mol. The number of rotatable bonds is 3. The van der Waals surface area contributed by atoms with Crippen LogP contribution in [0.2, 0.25) is 5.02 Å². The standard InChI is InChI=1S/C20H21ClN6O/c1-14-13-15(2)27(24-14)19-8-7-18(22-23-19)25-9-11-26(12-10-25)20(28)16-3-5-17(21)6-4-16/h3-8,13H,9-12H2,1-2H3. The van der Waals surface area contributed by atoms with Gasteiger partial charge in [-0.2, -0.15) is 5.10 Å². The monoisotopic (exact) mass is 396 g/mol. The molecule has 1 aliphatic rings. The van der Waals surface area contributed by atoms with Gasteiger partial charge in [0.2, 0.25) is 0 Å². The first-order valence-corrected chi connectivity index (χ1v) is 9.56. The number of hydrogen-bond donors (Lipinski definition) is 0. The molecule has 1 aromatic carbocycles. The number of piperazine rings is 1. The van der Waals surface area contributed by atoms with E-state index in [1.54, 1.807) is 28.9 Å². The van der Waals surface area contributed by atoms with Crippen molar-refractivity contribution in [1.82, 2.24) is 24.9 Å². The second-order valence-corrected chi connectivity index (χ2v) is 7.31. The minimum absolute atomic E-state index is 0.0299. The normalized spacial score (nSPS) is 14.4. The predicted molar refractivity (Wildman–Crippen MR) is 108 cm³/mol. The lowest BCUT2D eigenvalue weighted by Gasteiger charge is -2.35. The van der Waals surface area contributed by atoms with Crippen molar-refractivity contribution in [3.63, 3.8) is 0 Å². The zero-order chi connectivity index (χ0) is 19.7. The van der Waals surface area contributed by atoms with E-state index >= 15 is 0 Å². The molecule has 1 saturated heterocycles. The number of aromatic nitrogens is 4. The summed E-state index contributed by atoms with van der Waals surface area (Å²) in [6.45, 7) is 6.66. The Labute approximate surface area is 168 Å². The van der Waals surface area contributed by atoms with Gasteiger partial charge in [-0.25, -0.2) is 4.68 Å². The number of aryl methyl sites for hydroxylation is 2. The number of anilines is 1. The van der Waals surface area contributed by atoms with E-state index in [2.05, 4.69) is 20.2 Å². The smallest absolute Gasteiger partial charge is 0.253 e. The molecule has 0 bridgehead atoms. The van der Waals surface area contributed by atoms with Crippen molar-refractivity contribution in [3.8, 4) is 5.82 Å². The van der Waals surface area contributed by atoms with Gasteiger partial charge >= 0.3 is 0 Å². The van der Waals surface area contributed by atoms with Gasteiger partial charge in [-0.1, -0.05) is 11.6 Å². The van der Waals surface area contributed by atoms with Gasteiger partial charge in [-0.05, 0) is 56.3 Å². The quantitative estimate of drug-likeness (QED) is 0.681. The molecule has 1 amide bonds. The summed E-state index contributed by atoms with van der Waals surface area (Å²) in [5.41, 5.74) is 2.63. The number of carbonyl (C=O) groups excluding carboxylic acids is 1. The molecule has 0 spiro atoms. The molecule has 1 fully saturated rings. The number of nitrogens with zero attached hydrogens (tertiary/aromatic N) is 6. The van der Waals surface area contributed by atoms with Crippen LogP contribution in [0.25, 0.3) is 5.82 Å². The average Bonchev–Trinajstić information content (AvgIpc) is 3.06. The summed E-state index contributed by atoms with van der Waals surface area (Å²) in [6, 6.07) is 12.9. The number of hydrogen-bond acceptors (Lipinski definition) is 5. The fourth-order valence-corrected chi connectivity index (χ4v) is 3.50. The van der Waals surface area contributed by atoms with Crippen LogP contribution in [0.15, 0.2) is 42.5 Å². The fourth-order valence-electron chi connectivity index (χ4n) is 3.37. The Morgan fingerprint density at radius 1 is 0.929 bits per heavy atom. The van der Waals surface area contributed by atoms with Gasteiger partial charge in [0, 0.05) is 42.5 Å². The molecule has 3 aromatic rings. The van der Waals surface area contributed by atoms with Crippen LogP contribution in [0, 0.1) is 13.8 Å². The minimum atomic E-state index is 0.0299. The van der Waals surface area contributed by atoms with E-state index in [0.717, 1.165) is 17.2 Å². The van der Waals surface area contributed by atoms with E-state index in [9.17, 15) is 4.79 Å². The van der Waals surface area contributed by atoms with Crippen LogP contribution in [0.5, 0.6) is 0 Å². The van der Waals surface area contributed by atoms with E-state index < -0.39 is 0 Å². The minimum Gasteiger partial charge on any atom is -0.352 e. The Bertz CT molecular complexity index is 975. The number of amides is 1. The fraction of sp³-hybridized carbons (Fsp3) is 0.300. The lowest BCUT2D eigenvalue weighted by atomic mass is 10.2. The number of carbonyl (C=O) groups is 1. The number of benzene rings is 1. The van der Waals surface area contributed by atoms with Crippen molar-refractivity contribution in [2.24, 2.45) is 0 Å². The summed E-state index contributed by atoms with van der Waals surface area (Å²) < 4.78 is 1.79. The van der Waals surface area contributed by atoms with Crippen LogP contribution in [0.1, 0.15) is 21.7 Å². The molecule has 1 aliphatic heterocycles. The molecule has 2 aromatic heterocycles. The van der Waals surface area contributed by atoms with Crippen LogP contribution in [0.3, 0.4) is 0 Å². The predicted octanol–water partition coefficient (Wildman–Crippen LogP) is 2.89. The Morgan fingerprint density at radius 3 is 2.14 bits per heavy atom. The second-order valence-electron chi connectivity index (χ2n) is 6.87. The van der Waals surface area contributed by atoms with Crippen LogP contribution < -0.4 is 4.90 Å². The first-order valence-electron chi connectivity index (χ1n) is 9.18. The highest BCUT2D eigenvalue weighted by atomic mass is 35.5. The highest BCUT2D eigenvalue weighted by Crippen LogP contribution is 2.17. The molecule has 0 N–H and O–H groups in total. The molecule has 28 heavy (non-hydrogen) atoms. The lowest BCUT2D eigenvalue weighted by Crippen LogP contribution is -2.49. The molecule has 0 radical (unpaired) electrons. The van der Waals surface area contributed by atoms with Gasteiger partial charge < -0.3 is 9.80 Å². The van der Waals surface area contributed by atoms with E-state index in [4.69, 9.17) is 11.6 Å². The van der Waals surface area contributed by atoms with Crippen molar-refractivity contribution in [2.45, 2.75) is 13.8 Å². The van der Waals surface area contributed by atoms with Crippen molar-refractivity contribution in [2.75, 3.05) is 31.1 Å². The lowest BCUT2D eigenvalue weighted by molar-refractivity contribution is 0.0746. The second kappa shape index (κ2) is 7.59. The zero-order valence-electron chi connectivity index (χ0n) is 15.8. The summed E-state index contributed by atoms with van der Waals surface area (Å²) in [7, 11) is 0. The summed E-state index contributed by atoms with van der Waals surface area (Å²) in [5.74, 6) is 1.54. The van der Waals surface area contributed by atoms with E-state index in [1.807, 2.05) is 36.9 Å². The molecule has 0 saturated carbocycles. The van der Waals surface area contributed by atoms with E-state index in [1.165, 1.54) is 0 Å². The molecule has 0 aliphatic carbocycles. The molecule has 0 unspecified atom stereocenters. The summed E-state index contributed by atoms with van der Waals surface area (Å²) in [4.78, 5) is 16.6. The molecular formula is C20H21ClN6O. The SMILES string of the molecule is Cc1cc(C)n(-c2ccc(N3CCN(C(=O)c4ccc(Cl)cc4)CC3)nn2)n1. The third-order valence-corrected chi connectivity index (χ3v) is 5.10. The summed E-state index contributed by atoms with van der Waals surface area (Å²) in [5, 5.41) is 13.8. The van der Waals surface area contributed by atoms with Crippen LogP contribution in [-0.4, -0.2) is 57.0 Å². The topological polar surface area (TPSA) is 67.2 Å². The van der Waals surface area contributed by atoms with Crippen molar-refractivity contribution in [3.05, 3.63) is 64.4 Å². The largest absolute Gasteiger partial charge is 0.352 e. The maximum Gasteiger partial charge on any atom is 0.253 e. The highest BCUT2D eigenvalue weighted by Gasteiger charge is 2.23. The molecule has 4 rings (SSSR count). The van der Waals surface area contributed by atoms with Crippen LogP contribution in [-0.2, 0) is 0 Å². The Hall–Kier alpha value is -2.93. The highest BCUT2D eigenvalue weighted by molar-refractivity contribution is 6.30. The first-order chi connectivity index (χ1) is 13.5. The molecule has 144 valence electrons. The van der Waals surface area contributed by atoms with Crippen molar-refractivity contribution >= 4 is 23.3 Å². The molecule has 8 heteroatoms. The first kappa shape index (κ1) is 18.4. The third kappa shape index (κ3) is 3.71. The molecule has 3 heterocycles. The van der Waals surface area contributed by atoms with Gasteiger partial charge in [0.05, 0.1) is 5.69 Å². The van der Waals surface area contributed by atoms with Crippen LogP contribution >= 0.6 is 11.6 Å². The maximum absolute atomic E-state index is 12.6. The van der Waals surface area contributed by atoms with Crippen LogP contribution in [0.4, 0.5) is 5.82 Å². The molecule has 0 atom stereocenters. The van der Waals surface area contributed by atoms with Crippen molar-refractivity contribution < 1.29 is 4.79 Å². The summed E-state index contributed by atoms with van der Waals surface area (Å²) in [6.07, 6.45) is 0. The van der Waals surface area contributed by atoms with Crippen molar-refractivity contribution in [1.29, 1.82) is 0 Å². The van der Waals surface area contributed by atoms with E-state index in [-0.39, 0.29) is 5.91 Å². The van der Waals surface area contributed by atoms with Gasteiger partial charge in [-0.3, -0.25) is 4.79 Å². The third-order valence-electron chi connectivity index (χ3n) is 4.85. The molecule has 7 nitrogen and oxygen atoms in total. The van der Waals surface area contributed by atoms with E-state index in [0.29, 0.717) is 42.6 Å². The maximum atomic E-state index is 12.6. The van der Waals surface area contributed by atoms with Gasteiger partial charge in [0.1, 0.15) is 0 Å². The zero-order valence-corrected chi connectivity index (χ0v) is 16.6.